The highest BCUT2D eigenvalue weighted by atomic mass is 16.5. The summed E-state index contributed by atoms with van der Waals surface area (Å²) in [6.07, 6.45) is 2.73. The van der Waals surface area contributed by atoms with E-state index in [4.69, 9.17) is 9.47 Å². The van der Waals surface area contributed by atoms with E-state index in [2.05, 4.69) is 59.2 Å². The minimum absolute atomic E-state index is 0.0137. The van der Waals surface area contributed by atoms with E-state index >= 15 is 0 Å². The van der Waals surface area contributed by atoms with Crippen molar-refractivity contribution in [3.63, 3.8) is 0 Å². The summed E-state index contributed by atoms with van der Waals surface area (Å²) in [7, 11) is 1.98. The summed E-state index contributed by atoms with van der Waals surface area (Å²) < 4.78 is 13.8. The van der Waals surface area contributed by atoms with E-state index in [-0.39, 0.29) is 6.10 Å². The van der Waals surface area contributed by atoms with Crippen molar-refractivity contribution in [1.29, 1.82) is 0 Å². The van der Waals surface area contributed by atoms with Crippen LogP contribution in [0.3, 0.4) is 0 Å². The van der Waals surface area contributed by atoms with Gasteiger partial charge in [0.1, 0.15) is 11.9 Å². The molecule has 1 fully saturated rings. The Balaban J connectivity index is 1.28. The van der Waals surface area contributed by atoms with E-state index in [1.165, 1.54) is 16.8 Å². The van der Waals surface area contributed by atoms with Gasteiger partial charge in [0.05, 0.1) is 25.1 Å². The minimum atomic E-state index is -0.0137. The standard InChI is InChI=1S/C24H33N5O2/c1-17(2)19-5-7-22(8-6-19)30-11-9-21-13-23(27-26-21)24-16-29(10-12-31-24)15-20-14-25-28(4)18(20)3/h5-8,13-14,17,24H,9-12,15-16H2,1-4H3,(H,26,27)/t24-/m1/s1. The van der Waals surface area contributed by atoms with Gasteiger partial charge in [0.15, 0.2) is 0 Å². The first-order valence-electron chi connectivity index (χ1n) is 11.1. The van der Waals surface area contributed by atoms with Crippen LogP contribution in [0.1, 0.15) is 54.1 Å². The lowest BCUT2D eigenvalue weighted by atomic mass is 10.0. The highest BCUT2D eigenvalue weighted by Crippen LogP contribution is 2.23. The highest BCUT2D eigenvalue weighted by molar-refractivity contribution is 5.29. The molecule has 0 spiro atoms. The first kappa shape index (κ1) is 21.6. The van der Waals surface area contributed by atoms with Gasteiger partial charge in [-0.15, -0.1) is 0 Å². The Bertz CT molecular complexity index is 976. The van der Waals surface area contributed by atoms with Crippen LogP contribution < -0.4 is 4.74 Å². The average molecular weight is 424 g/mol. The number of nitrogens with zero attached hydrogens (tertiary/aromatic N) is 4. The summed E-state index contributed by atoms with van der Waals surface area (Å²) in [5, 5.41) is 12.0. The van der Waals surface area contributed by atoms with Gasteiger partial charge in [-0.05, 0) is 36.6 Å². The SMILES string of the molecule is Cc1c(CN2CCO[C@@H](c3cc(CCOc4ccc(C(C)C)cc4)[nH]n3)C2)cnn1C. The molecule has 1 saturated heterocycles. The maximum Gasteiger partial charge on any atom is 0.119 e. The fourth-order valence-corrected chi connectivity index (χ4v) is 3.87. The van der Waals surface area contributed by atoms with E-state index in [0.29, 0.717) is 19.1 Å². The van der Waals surface area contributed by atoms with Gasteiger partial charge >= 0.3 is 0 Å². The normalized spacial score (nSPS) is 17.4. The van der Waals surface area contributed by atoms with E-state index < -0.39 is 0 Å². The number of ether oxygens (including phenoxy) is 2. The monoisotopic (exact) mass is 423 g/mol. The van der Waals surface area contributed by atoms with Crippen molar-refractivity contribution in [1.82, 2.24) is 24.9 Å². The van der Waals surface area contributed by atoms with Crippen LogP contribution in [0.25, 0.3) is 0 Å². The first-order chi connectivity index (χ1) is 15.0. The van der Waals surface area contributed by atoms with Crippen molar-refractivity contribution in [3.8, 4) is 5.75 Å². The molecule has 1 aliphatic rings. The minimum Gasteiger partial charge on any atom is -0.493 e. The molecule has 3 heterocycles. The molecule has 0 saturated carbocycles. The Morgan fingerprint density at radius 2 is 2.06 bits per heavy atom. The van der Waals surface area contributed by atoms with E-state index in [0.717, 1.165) is 43.2 Å². The van der Waals surface area contributed by atoms with Crippen LogP contribution in [-0.4, -0.2) is 51.2 Å². The van der Waals surface area contributed by atoms with Crippen molar-refractivity contribution >= 4 is 0 Å². The number of hydrogen-bond donors (Lipinski definition) is 1. The number of aromatic amines is 1. The van der Waals surface area contributed by atoms with Crippen LogP contribution in [0.2, 0.25) is 0 Å². The maximum absolute atomic E-state index is 6.01. The summed E-state index contributed by atoms with van der Waals surface area (Å²) in [5.74, 6) is 1.44. The van der Waals surface area contributed by atoms with Gasteiger partial charge in [-0.1, -0.05) is 26.0 Å². The number of aryl methyl sites for hydroxylation is 1. The summed E-state index contributed by atoms with van der Waals surface area (Å²) in [6.45, 7) is 10.5. The van der Waals surface area contributed by atoms with Crippen molar-refractivity contribution in [2.45, 2.75) is 45.8 Å². The van der Waals surface area contributed by atoms with Crippen LogP contribution >= 0.6 is 0 Å². The Labute approximate surface area is 184 Å². The molecule has 0 radical (unpaired) electrons. The zero-order valence-corrected chi connectivity index (χ0v) is 19.0. The number of aromatic nitrogens is 4. The molecule has 1 aliphatic heterocycles. The third-order valence-electron chi connectivity index (χ3n) is 6.05. The largest absolute Gasteiger partial charge is 0.493 e. The molecule has 0 bridgehead atoms. The van der Waals surface area contributed by atoms with Crippen LogP contribution in [0.15, 0.2) is 36.5 Å². The molecule has 166 valence electrons. The van der Waals surface area contributed by atoms with Gasteiger partial charge in [-0.3, -0.25) is 14.7 Å². The molecule has 1 aromatic carbocycles. The van der Waals surface area contributed by atoms with E-state index in [1.807, 2.05) is 30.1 Å². The number of rotatable bonds is 8. The quantitative estimate of drug-likeness (QED) is 0.597. The highest BCUT2D eigenvalue weighted by Gasteiger charge is 2.25. The van der Waals surface area contributed by atoms with E-state index in [9.17, 15) is 0 Å². The smallest absolute Gasteiger partial charge is 0.119 e. The number of hydrogen-bond acceptors (Lipinski definition) is 5. The van der Waals surface area contributed by atoms with Crippen molar-refractivity contribution in [2.75, 3.05) is 26.3 Å². The Hall–Kier alpha value is -2.64. The Kier molecular flexibility index (Phi) is 6.73. The topological polar surface area (TPSA) is 68.2 Å². The summed E-state index contributed by atoms with van der Waals surface area (Å²) in [6, 6.07) is 10.5. The zero-order chi connectivity index (χ0) is 21.8. The van der Waals surface area contributed by atoms with Crippen LogP contribution in [0.5, 0.6) is 5.75 Å². The van der Waals surface area contributed by atoms with Gasteiger partial charge in [0, 0.05) is 50.1 Å². The molecule has 1 N–H and O–H groups in total. The van der Waals surface area contributed by atoms with Gasteiger partial charge in [0.25, 0.3) is 0 Å². The van der Waals surface area contributed by atoms with Crippen molar-refractivity contribution in [2.24, 2.45) is 7.05 Å². The lowest BCUT2D eigenvalue weighted by Gasteiger charge is -2.32. The average Bonchev–Trinajstić information content (AvgIpc) is 3.37. The molecule has 0 unspecified atom stereocenters. The molecule has 3 aromatic rings. The van der Waals surface area contributed by atoms with Crippen LogP contribution in [0, 0.1) is 6.92 Å². The van der Waals surface area contributed by atoms with Crippen molar-refractivity contribution < 1.29 is 9.47 Å². The number of nitrogens with one attached hydrogen (secondary N) is 1. The molecule has 0 aliphatic carbocycles. The summed E-state index contributed by atoms with van der Waals surface area (Å²) >= 11 is 0. The van der Waals surface area contributed by atoms with Crippen molar-refractivity contribution in [3.05, 3.63) is 64.7 Å². The molecule has 0 amide bonds. The summed E-state index contributed by atoms with van der Waals surface area (Å²) in [4.78, 5) is 2.41. The first-order valence-corrected chi connectivity index (χ1v) is 11.1. The van der Waals surface area contributed by atoms with Crippen LogP contribution in [0.4, 0.5) is 0 Å². The van der Waals surface area contributed by atoms with Crippen LogP contribution in [-0.2, 0) is 24.8 Å². The lowest BCUT2D eigenvalue weighted by molar-refractivity contribution is -0.0350. The molecule has 2 aromatic heterocycles. The van der Waals surface area contributed by atoms with Gasteiger partial charge in [-0.25, -0.2) is 0 Å². The molecular formula is C24H33N5O2. The second-order valence-electron chi connectivity index (χ2n) is 8.61. The predicted molar refractivity (Wildman–Crippen MR) is 120 cm³/mol. The molecule has 31 heavy (non-hydrogen) atoms. The fourth-order valence-electron chi connectivity index (χ4n) is 3.87. The second kappa shape index (κ2) is 9.66. The third kappa shape index (κ3) is 5.35. The Morgan fingerprint density at radius 3 is 2.77 bits per heavy atom. The third-order valence-corrected chi connectivity index (χ3v) is 6.05. The number of H-pyrrole nitrogens is 1. The lowest BCUT2D eigenvalue weighted by Crippen LogP contribution is -2.38. The molecule has 1 atom stereocenters. The molecule has 7 nitrogen and oxygen atoms in total. The summed E-state index contributed by atoms with van der Waals surface area (Å²) in [5.41, 5.74) is 5.83. The van der Waals surface area contributed by atoms with Gasteiger partial charge in [-0.2, -0.15) is 10.2 Å². The maximum atomic E-state index is 6.01. The van der Waals surface area contributed by atoms with Gasteiger partial charge in [0.2, 0.25) is 0 Å². The Morgan fingerprint density at radius 1 is 1.26 bits per heavy atom. The van der Waals surface area contributed by atoms with E-state index in [1.54, 1.807) is 0 Å². The zero-order valence-electron chi connectivity index (χ0n) is 19.0. The molecule has 7 heteroatoms. The fraction of sp³-hybridized carbons (Fsp3) is 0.500. The second-order valence-corrected chi connectivity index (χ2v) is 8.61. The van der Waals surface area contributed by atoms with Gasteiger partial charge < -0.3 is 9.47 Å². The number of benzene rings is 1. The molecular weight excluding hydrogens is 390 g/mol. The predicted octanol–water partition coefficient (Wildman–Crippen LogP) is 3.77. The molecule has 4 rings (SSSR count). The number of morpholine rings is 1.